The third-order valence-corrected chi connectivity index (χ3v) is 2.98. The minimum atomic E-state index is -0.484. The van der Waals surface area contributed by atoms with Crippen molar-refractivity contribution in [3.05, 3.63) is 47.4 Å². The van der Waals surface area contributed by atoms with Crippen LogP contribution in [0.1, 0.15) is 0 Å². The highest BCUT2D eigenvalue weighted by molar-refractivity contribution is 7.99. The van der Waals surface area contributed by atoms with Crippen LogP contribution in [-0.2, 0) is 6.54 Å². The van der Waals surface area contributed by atoms with Gasteiger partial charge in [-0.3, -0.25) is 10.1 Å². The molecular weight excluding hydrogens is 254 g/mol. The number of allylic oxidation sites excluding steroid dienone is 1. The molecule has 0 bridgehead atoms. The molecule has 2 aromatic heterocycles. The molecule has 8 heteroatoms. The standard InChI is InChI=1S/C10H9N5O2S/c1-2-5-14-7-12-13-10(14)18-9-4-3-8(6-11-9)15(16)17/h2-4,6-7H,1,5H2. The SMILES string of the molecule is C=CCn1cnnc1Sc1ccc([N+](=O)[O-])cn1. The van der Waals surface area contributed by atoms with Gasteiger partial charge in [-0.2, -0.15) is 0 Å². The van der Waals surface area contributed by atoms with Crippen LogP contribution in [0.4, 0.5) is 5.69 Å². The van der Waals surface area contributed by atoms with Crippen molar-refractivity contribution in [2.24, 2.45) is 0 Å². The Kier molecular flexibility index (Phi) is 3.68. The fourth-order valence-electron chi connectivity index (χ4n) is 1.22. The highest BCUT2D eigenvalue weighted by Gasteiger charge is 2.09. The Morgan fingerprint density at radius 3 is 3.00 bits per heavy atom. The van der Waals surface area contributed by atoms with Crippen LogP contribution in [0.5, 0.6) is 0 Å². The van der Waals surface area contributed by atoms with Crippen molar-refractivity contribution in [2.75, 3.05) is 0 Å². The average Bonchev–Trinajstić information content (AvgIpc) is 2.78. The zero-order chi connectivity index (χ0) is 13.0. The normalized spacial score (nSPS) is 10.2. The molecule has 0 fully saturated rings. The lowest BCUT2D eigenvalue weighted by molar-refractivity contribution is -0.385. The Hall–Kier alpha value is -2.22. The first-order chi connectivity index (χ1) is 8.70. The molecule has 2 heterocycles. The number of pyridine rings is 1. The van der Waals surface area contributed by atoms with Gasteiger partial charge in [0.25, 0.3) is 5.69 Å². The maximum Gasteiger partial charge on any atom is 0.287 e. The zero-order valence-corrected chi connectivity index (χ0v) is 10.1. The Morgan fingerprint density at radius 2 is 2.39 bits per heavy atom. The minimum absolute atomic E-state index is 0.0353. The van der Waals surface area contributed by atoms with E-state index in [0.29, 0.717) is 16.7 Å². The maximum atomic E-state index is 10.5. The molecule has 0 spiro atoms. The molecule has 18 heavy (non-hydrogen) atoms. The second kappa shape index (κ2) is 5.41. The van der Waals surface area contributed by atoms with E-state index in [4.69, 9.17) is 0 Å². The first kappa shape index (κ1) is 12.2. The molecule has 0 saturated heterocycles. The van der Waals surface area contributed by atoms with Gasteiger partial charge in [-0.05, 0) is 17.8 Å². The molecule has 0 radical (unpaired) electrons. The van der Waals surface area contributed by atoms with Crippen molar-refractivity contribution >= 4 is 17.4 Å². The van der Waals surface area contributed by atoms with Crippen LogP contribution < -0.4 is 0 Å². The summed E-state index contributed by atoms with van der Waals surface area (Å²) in [5.41, 5.74) is -0.0353. The highest BCUT2D eigenvalue weighted by atomic mass is 32.2. The molecule has 0 aliphatic rings. The van der Waals surface area contributed by atoms with Gasteiger partial charge in [0.2, 0.25) is 0 Å². The summed E-state index contributed by atoms with van der Waals surface area (Å²) in [5, 5.41) is 19.5. The second-order valence-corrected chi connectivity index (χ2v) is 4.26. The summed E-state index contributed by atoms with van der Waals surface area (Å²) in [6.07, 6.45) is 4.54. The number of aromatic nitrogens is 4. The van der Waals surface area contributed by atoms with E-state index < -0.39 is 4.92 Å². The summed E-state index contributed by atoms with van der Waals surface area (Å²) in [6, 6.07) is 2.99. The quantitative estimate of drug-likeness (QED) is 0.465. The van der Waals surface area contributed by atoms with Crippen molar-refractivity contribution in [1.82, 2.24) is 19.7 Å². The van der Waals surface area contributed by atoms with Crippen molar-refractivity contribution in [2.45, 2.75) is 16.7 Å². The lowest BCUT2D eigenvalue weighted by Crippen LogP contribution is -1.96. The van der Waals surface area contributed by atoms with E-state index in [1.165, 1.54) is 24.0 Å². The maximum absolute atomic E-state index is 10.5. The van der Waals surface area contributed by atoms with Gasteiger partial charge in [0, 0.05) is 12.6 Å². The largest absolute Gasteiger partial charge is 0.304 e. The van der Waals surface area contributed by atoms with E-state index in [2.05, 4.69) is 21.8 Å². The first-order valence-electron chi connectivity index (χ1n) is 4.97. The average molecular weight is 263 g/mol. The van der Waals surface area contributed by atoms with Crippen molar-refractivity contribution in [3.8, 4) is 0 Å². The Bertz CT molecular complexity index is 566. The zero-order valence-electron chi connectivity index (χ0n) is 9.26. The van der Waals surface area contributed by atoms with Gasteiger partial charge >= 0.3 is 0 Å². The Morgan fingerprint density at radius 1 is 1.56 bits per heavy atom. The van der Waals surface area contributed by atoms with Crippen molar-refractivity contribution < 1.29 is 4.92 Å². The van der Waals surface area contributed by atoms with Gasteiger partial charge in [0.1, 0.15) is 17.6 Å². The molecule has 0 unspecified atom stereocenters. The fourth-order valence-corrected chi connectivity index (χ4v) is 1.98. The second-order valence-electron chi connectivity index (χ2n) is 3.27. The summed E-state index contributed by atoms with van der Waals surface area (Å²) >= 11 is 1.29. The third kappa shape index (κ3) is 2.72. The number of rotatable bonds is 5. The van der Waals surface area contributed by atoms with E-state index in [-0.39, 0.29) is 5.69 Å². The predicted molar refractivity (Wildman–Crippen MR) is 65.2 cm³/mol. The topological polar surface area (TPSA) is 86.7 Å². The third-order valence-electron chi connectivity index (χ3n) is 2.03. The summed E-state index contributed by atoms with van der Waals surface area (Å²) in [4.78, 5) is 14.0. The Balaban J connectivity index is 2.15. The Labute approximate surface area is 107 Å². The highest BCUT2D eigenvalue weighted by Crippen LogP contribution is 2.24. The van der Waals surface area contributed by atoms with E-state index >= 15 is 0 Å². The van der Waals surface area contributed by atoms with E-state index in [1.807, 2.05) is 0 Å². The van der Waals surface area contributed by atoms with E-state index in [9.17, 15) is 10.1 Å². The van der Waals surface area contributed by atoms with Gasteiger partial charge in [-0.25, -0.2) is 4.98 Å². The van der Waals surface area contributed by atoms with Gasteiger partial charge in [0.15, 0.2) is 5.16 Å². The molecule has 7 nitrogen and oxygen atoms in total. The van der Waals surface area contributed by atoms with Crippen LogP contribution in [0.2, 0.25) is 0 Å². The van der Waals surface area contributed by atoms with Gasteiger partial charge in [0.05, 0.1) is 4.92 Å². The minimum Gasteiger partial charge on any atom is -0.304 e. The molecule has 92 valence electrons. The lowest BCUT2D eigenvalue weighted by atomic mass is 10.4. The number of nitro groups is 1. The van der Waals surface area contributed by atoms with Crippen molar-refractivity contribution in [3.63, 3.8) is 0 Å². The molecule has 0 aliphatic carbocycles. The van der Waals surface area contributed by atoms with Gasteiger partial charge in [-0.15, -0.1) is 16.8 Å². The molecule has 0 aromatic carbocycles. The lowest BCUT2D eigenvalue weighted by Gasteiger charge is -2.01. The molecule has 0 aliphatic heterocycles. The smallest absolute Gasteiger partial charge is 0.287 e. The van der Waals surface area contributed by atoms with Gasteiger partial charge in [-0.1, -0.05) is 6.08 Å². The number of hydrogen-bond acceptors (Lipinski definition) is 6. The summed E-state index contributed by atoms with van der Waals surface area (Å²) in [5.74, 6) is 0. The summed E-state index contributed by atoms with van der Waals surface area (Å²) in [7, 11) is 0. The fraction of sp³-hybridized carbons (Fsp3) is 0.100. The van der Waals surface area contributed by atoms with Crippen LogP contribution in [0.25, 0.3) is 0 Å². The van der Waals surface area contributed by atoms with Crippen LogP contribution >= 0.6 is 11.8 Å². The van der Waals surface area contributed by atoms with Gasteiger partial charge < -0.3 is 4.57 Å². The first-order valence-corrected chi connectivity index (χ1v) is 5.79. The molecule has 2 rings (SSSR count). The van der Waals surface area contributed by atoms with E-state index in [0.717, 1.165) is 0 Å². The van der Waals surface area contributed by atoms with Crippen molar-refractivity contribution in [1.29, 1.82) is 0 Å². The predicted octanol–water partition coefficient (Wildman–Crippen LogP) is 1.92. The molecule has 0 amide bonds. The van der Waals surface area contributed by atoms with E-state index in [1.54, 1.807) is 23.0 Å². The molecule has 0 atom stereocenters. The summed E-state index contributed by atoms with van der Waals surface area (Å²) < 4.78 is 1.81. The monoisotopic (exact) mass is 263 g/mol. The van der Waals surface area contributed by atoms with Crippen LogP contribution in [0, 0.1) is 10.1 Å². The molecule has 2 aromatic rings. The van der Waals surface area contributed by atoms with Crippen LogP contribution in [0.15, 0.2) is 47.5 Å². The number of hydrogen-bond donors (Lipinski definition) is 0. The van der Waals surface area contributed by atoms with Crippen LogP contribution in [-0.4, -0.2) is 24.7 Å². The summed E-state index contributed by atoms with van der Waals surface area (Å²) in [6.45, 7) is 4.24. The van der Waals surface area contributed by atoms with Crippen LogP contribution in [0.3, 0.4) is 0 Å². The number of nitrogens with zero attached hydrogens (tertiary/aromatic N) is 5. The molecule has 0 saturated carbocycles. The molecular formula is C10H9N5O2S. The molecule has 0 N–H and O–H groups in total.